The Kier molecular flexibility index (Phi) is 9.30. The zero-order chi connectivity index (χ0) is 31.7. The number of aryl methyl sites for hydroxylation is 1. The maximum Gasteiger partial charge on any atom is 0.416 e. The summed E-state index contributed by atoms with van der Waals surface area (Å²) >= 11 is 3.67. The van der Waals surface area contributed by atoms with E-state index in [1.54, 1.807) is 49.0 Å². The predicted molar refractivity (Wildman–Crippen MR) is 168 cm³/mol. The molecule has 43 heavy (non-hydrogen) atoms. The molecule has 3 N–H and O–H groups in total. The molecule has 0 fully saturated rings. The first-order valence-electron chi connectivity index (χ1n) is 13.1. The number of alkyl halides is 3. The summed E-state index contributed by atoms with van der Waals surface area (Å²) in [5.74, 6) is -1.19. The van der Waals surface area contributed by atoms with Crippen molar-refractivity contribution in [3.63, 3.8) is 0 Å². The topological polar surface area (TPSA) is 125 Å². The molecule has 3 aromatic rings. The number of rotatable bonds is 9. The van der Waals surface area contributed by atoms with Crippen LogP contribution in [-0.2, 0) is 22.3 Å². The zero-order valence-corrected chi connectivity index (χ0v) is 26.8. The molecule has 1 aromatic heterocycles. The standard InChI is InChI=1S/C29H30F3IN6O3S/c1-17-14-18(15-38-26(42)39(37-36-38)20-11-9-19(10-12-20)29(30,31)32)8-13-22(17)35-24(40)21-6-5-7-23(33)28(21,25(34)41)27(2,3)16-43-4/h5-14,21H,15-16H2,1-4H3,(H2,34,41)(H,35,40). The number of nitrogens with one attached hydrogen (secondary N) is 1. The number of anilines is 1. The molecule has 2 amide bonds. The minimum Gasteiger partial charge on any atom is -0.369 e. The van der Waals surface area contributed by atoms with Gasteiger partial charge in [0.15, 0.2) is 0 Å². The van der Waals surface area contributed by atoms with E-state index in [1.165, 1.54) is 0 Å². The van der Waals surface area contributed by atoms with Crippen molar-refractivity contribution in [2.24, 2.45) is 22.5 Å². The molecule has 4 rings (SSSR count). The summed E-state index contributed by atoms with van der Waals surface area (Å²) in [6.07, 6.45) is 2.72. The highest BCUT2D eigenvalue weighted by Gasteiger charge is 2.59. The largest absolute Gasteiger partial charge is 0.416 e. The summed E-state index contributed by atoms with van der Waals surface area (Å²) in [6, 6.07) is 9.23. The molecule has 1 heterocycles. The van der Waals surface area contributed by atoms with Crippen molar-refractivity contribution >= 4 is 51.9 Å². The van der Waals surface area contributed by atoms with Crippen LogP contribution in [0.5, 0.6) is 0 Å². The molecule has 0 saturated carbocycles. The van der Waals surface area contributed by atoms with Crippen LogP contribution in [0.15, 0.2) is 69.1 Å². The van der Waals surface area contributed by atoms with E-state index in [-0.39, 0.29) is 18.1 Å². The van der Waals surface area contributed by atoms with E-state index < -0.39 is 40.1 Å². The van der Waals surface area contributed by atoms with Crippen molar-refractivity contribution in [1.29, 1.82) is 0 Å². The highest BCUT2D eigenvalue weighted by Crippen LogP contribution is 2.56. The van der Waals surface area contributed by atoms with Gasteiger partial charge >= 0.3 is 11.9 Å². The summed E-state index contributed by atoms with van der Waals surface area (Å²) in [6.45, 7) is 5.71. The van der Waals surface area contributed by atoms with E-state index >= 15 is 0 Å². The van der Waals surface area contributed by atoms with Gasteiger partial charge in [0.25, 0.3) is 0 Å². The van der Waals surface area contributed by atoms with Crippen molar-refractivity contribution < 1.29 is 22.8 Å². The number of benzene rings is 2. The van der Waals surface area contributed by atoms with Crippen LogP contribution in [0.3, 0.4) is 0 Å². The Balaban J connectivity index is 1.55. The van der Waals surface area contributed by atoms with Gasteiger partial charge in [0.05, 0.1) is 23.7 Å². The van der Waals surface area contributed by atoms with Crippen molar-refractivity contribution in [1.82, 2.24) is 19.8 Å². The first kappa shape index (κ1) is 32.5. The number of aromatic nitrogens is 4. The maximum atomic E-state index is 13.7. The lowest BCUT2D eigenvalue weighted by atomic mass is 9.57. The first-order valence-corrected chi connectivity index (χ1v) is 15.5. The van der Waals surface area contributed by atoms with Gasteiger partial charge in [-0.05, 0) is 98.8 Å². The van der Waals surface area contributed by atoms with E-state index in [1.807, 2.05) is 26.2 Å². The molecule has 2 unspecified atom stereocenters. The minimum atomic E-state index is -4.50. The number of carbonyl (C=O) groups excluding carboxylic acids is 2. The third kappa shape index (κ3) is 6.16. The number of thioether (sulfide) groups is 1. The van der Waals surface area contributed by atoms with E-state index in [2.05, 4.69) is 38.3 Å². The molecule has 14 heteroatoms. The summed E-state index contributed by atoms with van der Waals surface area (Å²) < 4.78 is 41.3. The average Bonchev–Trinajstić information content (AvgIpc) is 3.28. The van der Waals surface area contributed by atoms with Gasteiger partial charge < -0.3 is 11.1 Å². The van der Waals surface area contributed by atoms with Crippen LogP contribution >= 0.6 is 34.4 Å². The fourth-order valence-corrected chi connectivity index (χ4v) is 7.95. The average molecular weight is 727 g/mol. The van der Waals surface area contributed by atoms with Crippen LogP contribution in [0.2, 0.25) is 0 Å². The molecule has 228 valence electrons. The normalized spacial score (nSPS) is 18.8. The molecule has 0 aliphatic heterocycles. The molecule has 2 aromatic carbocycles. The van der Waals surface area contributed by atoms with Gasteiger partial charge in [0, 0.05) is 9.27 Å². The zero-order valence-electron chi connectivity index (χ0n) is 23.8. The molecule has 0 saturated heterocycles. The molecule has 0 radical (unpaired) electrons. The Bertz CT molecular complexity index is 1660. The van der Waals surface area contributed by atoms with Crippen molar-refractivity contribution in [2.75, 3.05) is 17.3 Å². The molecule has 1 aliphatic rings. The van der Waals surface area contributed by atoms with E-state index in [4.69, 9.17) is 5.73 Å². The number of hydrogen-bond donors (Lipinski definition) is 2. The molecule has 9 nitrogen and oxygen atoms in total. The molecular weight excluding hydrogens is 696 g/mol. The van der Waals surface area contributed by atoms with Gasteiger partial charge in [-0.2, -0.15) is 34.3 Å². The third-order valence-corrected chi connectivity index (χ3v) is 9.81. The number of primary amides is 1. The Labute approximate surface area is 263 Å². The Morgan fingerprint density at radius 3 is 2.40 bits per heavy atom. The van der Waals surface area contributed by atoms with Crippen molar-refractivity contribution in [3.8, 4) is 5.69 Å². The predicted octanol–water partition coefficient (Wildman–Crippen LogP) is 5.11. The second-order valence-corrected chi connectivity index (χ2v) is 12.9. The lowest BCUT2D eigenvalue weighted by molar-refractivity contribution is -0.139. The maximum absolute atomic E-state index is 13.7. The molecule has 0 bridgehead atoms. The Morgan fingerprint density at radius 1 is 1.14 bits per heavy atom. The number of hydrogen-bond acceptors (Lipinski definition) is 6. The van der Waals surface area contributed by atoms with Crippen LogP contribution in [0.1, 0.15) is 30.5 Å². The number of amides is 2. The fraction of sp³-hybridized carbons (Fsp3) is 0.345. The van der Waals surface area contributed by atoms with Crippen molar-refractivity contribution in [3.05, 3.63) is 91.4 Å². The van der Waals surface area contributed by atoms with Gasteiger partial charge in [-0.3, -0.25) is 9.59 Å². The van der Waals surface area contributed by atoms with E-state index in [9.17, 15) is 27.6 Å². The molecule has 1 aliphatic carbocycles. The second-order valence-electron chi connectivity index (χ2n) is 10.9. The van der Waals surface area contributed by atoms with Gasteiger partial charge in [0.2, 0.25) is 11.8 Å². The highest BCUT2D eigenvalue weighted by atomic mass is 127. The Morgan fingerprint density at radius 2 is 1.81 bits per heavy atom. The van der Waals surface area contributed by atoms with Gasteiger partial charge in [-0.15, -0.1) is 0 Å². The SMILES string of the molecule is CSCC(C)(C)C1(C(N)=O)C(I)=CC=CC1C(=O)Nc1ccc(Cn2nnn(-c3ccc(C(F)(F)F)cc3)c2=O)cc1C. The quantitative estimate of drug-likeness (QED) is 0.296. The summed E-state index contributed by atoms with van der Waals surface area (Å²) in [4.78, 5) is 39.7. The van der Waals surface area contributed by atoms with E-state index in [0.29, 0.717) is 26.1 Å². The monoisotopic (exact) mass is 726 g/mol. The van der Waals surface area contributed by atoms with Gasteiger partial charge in [-0.25, -0.2) is 4.79 Å². The van der Waals surface area contributed by atoms with Gasteiger partial charge in [0.1, 0.15) is 5.41 Å². The summed E-state index contributed by atoms with van der Waals surface area (Å²) in [5.41, 5.74) is 4.73. The first-order chi connectivity index (χ1) is 20.1. The van der Waals surface area contributed by atoms with Crippen LogP contribution in [0, 0.1) is 23.7 Å². The molecular formula is C29H30F3IN6O3S. The van der Waals surface area contributed by atoms with Gasteiger partial charge in [-0.1, -0.05) is 44.2 Å². The number of nitrogens with two attached hydrogens (primary N) is 1. The summed E-state index contributed by atoms with van der Waals surface area (Å²) in [7, 11) is 0. The summed E-state index contributed by atoms with van der Waals surface area (Å²) in [5, 5.41) is 10.6. The second kappa shape index (κ2) is 12.3. The number of halogens is 4. The van der Waals surface area contributed by atoms with Crippen LogP contribution in [0.4, 0.5) is 18.9 Å². The van der Waals surface area contributed by atoms with Crippen molar-refractivity contribution in [2.45, 2.75) is 33.5 Å². The third-order valence-electron chi connectivity index (χ3n) is 7.59. The van der Waals surface area contributed by atoms with Crippen LogP contribution < -0.4 is 16.7 Å². The smallest absolute Gasteiger partial charge is 0.369 e. The Hall–Kier alpha value is -3.40. The molecule has 0 spiro atoms. The number of tetrazole rings is 1. The number of allylic oxidation sites excluding steroid dienone is 2. The molecule has 2 atom stereocenters. The fourth-order valence-electron chi connectivity index (χ4n) is 5.46. The lowest BCUT2D eigenvalue weighted by Gasteiger charge is -2.48. The minimum absolute atomic E-state index is 0.0382. The highest BCUT2D eigenvalue weighted by molar-refractivity contribution is 14.1. The lowest BCUT2D eigenvalue weighted by Crippen LogP contribution is -2.57. The van der Waals surface area contributed by atoms with E-state index in [0.717, 1.165) is 33.6 Å². The van der Waals surface area contributed by atoms with Crippen LogP contribution in [-0.4, -0.2) is 43.6 Å². The number of carbonyl (C=O) groups is 2. The number of nitrogens with zero attached hydrogens (tertiary/aromatic N) is 4. The van der Waals surface area contributed by atoms with Crippen LogP contribution in [0.25, 0.3) is 5.69 Å².